The van der Waals surface area contributed by atoms with Crippen LogP contribution in [0.25, 0.3) is 10.6 Å². The molecule has 0 atom stereocenters. The van der Waals surface area contributed by atoms with Gasteiger partial charge in [0.2, 0.25) is 0 Å². The van der Waals surface area contributed by atoms with E-state index in [0.29, 0.717) is 16.4 Å². The molecule has 0 unspecified atom stereocenters. The fourth-order valence-electron chi connectivity index (χ4n) is 1.37. The fraction of sp³-hybridized carbons (Fsp3) is 0.0909. The number of nitrogen functional groups attached to an aromatic ring is 1. The molecule has 1 aromatic heterocycles. The van der Waals surface area contributed by atoms with Crippen LogP contribution in [0.15, 0.2) is 23.6 Å². The number of carbonyl (C=O) groups is 1. The van der Waals surface area contributed by atoms with E-state index in [1.165, 1.54) is 23.8 Å². The van der Waals surface area contributed by atoms with Crippen molar-refractivity contribution in [3.63, 3.8) is 0 Å². The minimum absolute atomic E-state index is 0.0411. The molecule has 0 aliphatic carbocycles. The van der Waals surface area contributed by atoms with E-state index in [1.54, 1.807) is 18.2 Å². The number of carboxylic acid groups (broad SMARTS) is 1. The second-order valence-corrected chi connectivity index (χ2v) is 4.16. The van der Waals surface area contributed by atoms with Crippen LogP contribution in [0.4, 0.5) is 5.69 Å². The Morgan fingerprint density at radius 2 is 2.29 bits per heavy atom. The van der Waals surface area contributed by atoms with Gasteiger partial charge in [-0.05, 0) is 18.2 Å². The molecule has 0 radical (unpaired) electrons. The van der Waals surface area contributed by atoms with Gasteiger partial charge in [0.15, 0.2) is 5.69 Å². The SMILES string of the molecule is COc1ccc(-c2nc(C(=O)O)cs2)cc1N. The number of nitrogens with two attached hydrogens (primary N) is 1. The molecule has 0 fully saturated rings. The highest BCUT2D eigenvalue weighted by Gasteiger charge is 2.11. The lowest BCUT2D eigenvalue weighted by Gasteiger charge is -2.05. The largest absolute Gasteiger partial charge is 0.495 e. The van der Waals surface area contributed by atoms with E-state index in [2.05, 4.69) is 4.98 Å². The van der Waals surface area contributed by atoms with E-state index in [0.717, 1.165) is 5.56 Å². The van der Waals surface area contributed by atoms with Gasteiger partial charge in [0.25, 0.3) is 0 Å². The summed E-state index contributed by atoms with van der Waals surface area (Å²) in [6.07, 6.45) is 0. The van der Waals surface area contributed by atoms with Crippen molar-refractivity contribution >= 4 is 23.0 Å². The maximum atomic E-state index is 10.7. The Kier molecular flexibility index (Phi) is 2.97. The third kappa shape index (κ3) is 2.21. The number of hydrogen-bond donors (Lipinski definition) is 2. The molecule has 0 saturated carbocycles. The van der Waals surface area contributed by atoms with Gasteiger partial charge in [-0.1, -0.05) is 0 Å². The Morgan fingerprint density at radius 1 is 1.53 bits per heavy atom. The quantitative estimate of drug-likeness (QED) is 0.815. The van der Waals surface area contributed by atoms with E-state index in [4.69, 9.17) is 15.6 Å². The smallest absolute Gasteiger partial charge is 0.355 e. The highest BCUT2D eigenvalue weighted by atomic mass is 32.1. The third-order valence-electron chi connectivity index (χ3n) is 2.20. The van der Waals surface area contributed by atoms with E-state index in [9.17, 15) is 4.79 Å². The van der Waals surface area contributed by atoms with Crippen LogP contribution in [0.5, 0.6) is 5.75 Å². The standard InChI is InChI=1S/C11H10N2O3S/c1-16-9-3-2-6(4-7(9)12)10-13-8(5-17-10)11(14)15/h2-5H,12H2,1H3,(H,14,15). The molecule has 1 aromatic carbocycles. The molecule has 2 rings (SSSR count). The molecule has 0 aliphatic rings. The molecule has 3 N–H and O–H groups in total. The molecule has 0 spiro atoms. The maximum Gasteiger partial charge on any atom is 0.355 e. The number of methoxy groups -OCH3 is 1. The number of hydrogen-bond acceptors (Lipinski definition) is 5. The van der Waals surface area contributed by atoms with Crippen molar-refractivity contribution in [1.82, 2.24) is 4.98 Å². The second-order valence-electron chi connectivity index (χ2n) is 3.30. The summed E-state index contributed by atoms with van der Waals surface area (Å²) in [5, 5.41) is 10.9. The summed E-state index contributed by atoms with van der Waals surface area (Å²) in [6, 6.07) is 5.23. The molecule has 88 valence electrons. The van der Waals surface area contributed by atoms with Crippen molar-refractivity contribution in [3.05, 3.63) is 29.3 Å². The second kappa shape index (κ2) is 4.42. The zero-order chi connectivity index (χ0) is 12.4. The molecule has 0 aliphatic heterocycles. The van der Waals surface area contributed by atoms with Gasteiger partial charge in [-0.3, -0.25) is 0 Å². The lowest BCUT2D eigenvalue weighted by molar-refractivity contribution is 0.0691. The van der Waals surface area contributed by atoms with Gasteiger partial charge < -0.3 is 15.6 Å². The average molecular weight is 250 g/mol. The summed E-state index contributed by atoms with van der Waals surface area (Å²) in [5.41, 5.74) is 7.09. The van der Waals surface area contributed by atoms with Crippen LogP contribution in [0.1, 0.15) is 10.5 Å². The maximum absolute atomic E-state index is 10.7. The van der Waals surface area contributed by atoms with Crippen molar-refractivity contribution in [2.75, 3.05) is 12.8 Å². The van der Waals surface area contributed by atoms with Crippen LogP contribution in [-0.2, 0) is 0 Å². The normalized spacial score (nSPS) is 10.2. The molecule has 2 aromatic rings. The van der Waals surface area contributed by atoms with Gasteiger partial charge >= 0.3 is 5.97 Å². The molecule has 5 nitrogen and oxygen atoms in total. The van der Waals surface area contributed by atoms with E-state index in [1.807, 2.05) is 0 Å². The summed E-state index contributed by atoms with van der Waals surface area (Å²) < 4.78 is 5.04. The van der Waals surface area contributed by atoms with E-state index >= 15 is 0 Å². The molecule has 0 saturated heterocycles. The van der Waals surface area contributed by atoms with Crippen molar-refractivity contribution in [3.8, 4) is 16.3 Å². The first kappa shape index (κ1) is 11.4. The minimum atomic E-state index is -1.03. The van der Waals surface area contributed by atoms with Gasteiger partial charge in [-0.2, -0.15) is 0 Å². The number of anilines is 1. The van der Waals surface area contributed by atoms with Crippen LogP contribution >= 0.6 is 11.3 Å². The molecule has 17 heavy (non-hydrogen) atoms. The lowest BCUT2D eigenvalue weighted by Crippen LogP contribution is -1.96. The van der Waals surface area contributed by atoms with E-state index < -0.39 is 5.97 Å². The number of benzene rings is 1. The van der Waals surface area contributed by atoms with Gasteiger partial charge in [0, 0.05) is 10.9 Å². The minimum Gasteiger partial charge on any atom is -0.495 e. The Hall–Kier alpha value is -2.08. The van der Waals surface area contributed by atoms with Crippen molar-refractivity contribution in [2.45, 2.75) is 0 Å². The van der Waals surface area contributed by atoms with Gasteiger partial charge in [0.1, 0.15) is 10.8 Å². The summed E-state index contributed by atoms with van der Waals surface area (Å²) in [6.45, 7) is 0. The number of aromatic nitrogens is 1. The van der Waals surface area contributed by atoms with Gasteiger partial charge in [0.05, 0.1) is 12.8 Å². The van der Waals surface area contributed by atoms with Crippen molar-refractivity contribution in [2.24, 2.45) is 0 Å². The first-order valence-corrected chi connectivity index (χ1v) is 5.62. The highest BCUT2D eigenvalue weighted by Crippen LogP contribution is 2.30. The van der Waals surface area contributed by atoms with Crippen LogP contribution < -0.4 is 10.5 Å². The Bertz CT molecular complexity index is 566. The number of aromatic carboxylic acids is 1. The first-order chi connectivity index (χ1) is 8.11. The molecular formula is C11H10N2O3S. The third-order valence-corrected chi connectivity index (χ3v) is 3.09. The first-order valence-electron chi connectivity index (χ1n) is 4.74. The predicted molar refractivity (Wildman–Crippen MR) is 65.5 cm³/mol. The molecule has 1 heterocycles. The number of ether oxygens (including phenoxy) is 1. The Balaban J connectivity index is 2.39. The fourth-order valence-corrected chi connectivity index (χ4v) is 2.16. The zero-order valence-corrected chi connectivity index (χ0v) is 9.82. The summed E-state index contributed by atoms with van der Waals surface area (Å²) >= 11 is 1.26. The van der Waals surface area contributed by atoms with Crippen molar-refractivity contribution in [1.29, 1.82) is 0 Å². The molecule has 0 amide bonds. The monoisotopic (exact) mass is 250 g/mol. The van der Waals surface area contributed by atoms with E-state index in [-0.39, 0.29) is 5.69 Å². The van der Waals surface area contributed by atoms with Crippen LogP contribution in [-0.4, -0.2) is 23.2 Å². The molecular weight excluding hydrogens is 240 g/mol. The molecule has 6 heteroatoms. The van der Waals surface area contributed by atoms with Crippen LogP contribution in [0, 0.1) is 0 Å². The number of nitrogens with zero attached hydrogens (tertiary/aromatic N) is 1. The van der Waals surface area contributed by atoms with Gasteiger partial charge in [-0.25, -0.2) is 9.78 Å². The van der Waals surface area contributed by atoms with Crippen LogP contribution in [0.3, 0.4) is 0 Å². The lowest BCUT2D eigenvalue weighted by atomic mass is 10.2. The predicted octanol–water partition coefficient (Wildman–Crippen LogP) is 2.10. The summed E-state index contributed by atoms with van der Waals surface area (Å²) in [7, 11) is 1.54. The Labute approximate surface area is 101 Å². The van der Waals surface area contributed by atoms with Crippen molar-refractivity contribution < 1.29 is 14.6 Å². The van der Waals surface area contributed by atoms with Gasteiger partial charge in [-0.15, -0.1) is 11.3 Å². The number of rotatable bonds is 3. The topological polar surface area (TPSA) is 85.4 Å². The molecule has 0 bridgehead atoms. The Morgan fingerprint density at radius 3 is 2.82 bits per heavy atom. The van der Waals surface area contributed by atoms with Crippen LogP contribution in [0.2, 0.25) is 0 Å². The highest BCUT2D eigenvalue weighted by molar-refractivity contribution is 7.13. The summed E-state index contributed by atoms with van der Waals surface area (Å²) in [5.74, 6) is -0.447. The number of thiazole rings is 1. The number of carboxylic acids is 1. The zero-order valence-electron chi connectivity index (χ0n) is 9.01. The summed E-state index contributed by atoms with van der Waals surface area (Å²) in [4.78, 5) is 14.7. The average Bonchev–Trinajstić information content (AvgIpc) is 2.78.